The maximum atomic E-state index is 15.3. The highest BCUT2D eigenvalue weighted by Crippen LogP contribution is 2.27. The monoisotopic (exact) mass is 1460 g/mol. The molecule has 1 aromatic heterocycles. The second kappa shape index (κ2) is 46.9. The molecule has 28 N–H and O–H groups in total. The van der Waals surface area contributed by atoms with E-state index in [1.165, 1.54) is 6.92 Å². The first-order chi connectivity index (χ1) is 50.1. The number of carbonyl (C=O) groups is 15. The van der Waals surface area contributed by atoms with Gasteiger partial charge < -0.3 is 83.2 Å². The molecule has 11 atom stereocenters. The zero-order valence-corrected chi connectivity index (χ0v) is 60.6. The average molecular weight is 1460 g/mol. The lowest BCUT2D eigenvalue weighted by molar-refractivity contribution is -0.369. The SMILES string of the molecule is CC(=O)[C@H](CCC(N)=O)NC(=O)[C@H](CCC(N)=O)CC(=O)[C@H](CCC[NH3+])NC(=O)[C@@H](CC(=O)[C@H](CCC[NH3+])NC(=O)[C@@H](CC(=O)[C@H](CCC[NH3+])NC(=O)[C@@H](CC(=O)[C@H](CCC[NH3+])NC(=O)[C@H](CCC(N)=O)CC(=O)[C@@H](N)CCC(N)=O)Cc1ccccc1)Cc1c[nH]c2ccccc12)Cc1ccccc1. The van der Waals surface area contributed by atoms with Crippen molar-refractivity contribution < 1.29 is 94.9 Å². The Kier molecular flexibility index (Phi) is 39.1. The molecule has 30 nitrogen and oxygen atoms in total. The lowest BCUT2D eigenvalue weighted by Gasteiger charge is -2.27. The van der Waals surface area contributed by atoms with Gasteiger partial charge in [0.05, 0.1) is 62.4 Å². The number of hydrogen-bond donors (Lipinski definition) is 15. The number of ketones is 6. The number of para-hydroxylation sites is 1. The van der Waals surface area contributed by atoms with E-state index in [0.717, 1.165) is 10.9 Å². The van der Waals surface area contributed by atoms with Crippen LogP contribution >= 0.6 is 0 Å². The summed E-state index contributed by atoms with van der Waals surface area (Å²) in [5.74, 6) is -15.6. The van der Waals surface area contributed by atoms with Gasteiger partial charge in [0.25, 0.3) is 0 Å². The molecular weight excluding hydrogens is 1350 g/mol. The predicted octanol–water partition coefficient (Wildman–Crippen LogP) is -2.44. The second-order valence-corrected chi connectivity index (χ2v) is 27.3. The van der Waals surface area contributed by atoms with Crippen LogP contribution < -0.4 is 78.2 Å². The Morgan fingerprint density at radius 3 is 1.03 bits per heavy atom. The van der Waals surface area contributed by atoms with Gasteiger partial charge in [-0.3, -0.25) is 71.9 Å². The van der Waals surface area contributed by atoms with Crippen LogP contribution in [0.25, 0.3) is 10.9 Å². The number of quaternary nitrogens is 4. The minimum atomic E-state index is -1.23. The Labute approximate surface area is 612 Å². The Balaban J connectivity index is 1.71. The van der Waals surface area contributed by atoms with E-state index in [9.17, 15) is 52.7 Å². The molecule has 0 saturated carbocycles. The minimum Gasteiger partial charge on any atom is -0.370 e. The fraction of sp³-hybridized carbons (Fsp3) is 0.533. The van der Waals surface area contributed by atoms with Crippen LogP contribution in [0, 0.1) is 29.6 Å². The van der Waals surface area contributed by atoms with Crippen LogP contribution in [0.5, 0.6) is 0 Å². The number of H-pyrrole nitrogens is 1. The van der Waals surface area contributed by atoms with E-state index >= 15 is 19.2 Å². The van der Waals surface area contributed by atoms with Gasteiger partial charge in [-0.1, -0.05) is 78.9 Å². The molecule has 0 aliphatic heterocycles. The number of carbonyl (C=O) groups excluding carboxylic acids is 15. The number of aromatic nitrogens is 1. The van der Waals surface area contributed by atoms with Crippen LogP contribution in [0.4, 0.5) is 0 Å². The number of aromatic amines is 1. The summed E-state index contributed by atoms with van der Waals surface area (Å²) < 4.78 is 0. The molecule has 30 heteroatoms. The average Bonchev–Trinajstić information content (AvgIpc) is 1.76. The normalized spacial score (nSPS) is 14.4. The quantitative estimate of drug-likeness (QED) is 0.0218. The van der Waals surface area contributed by atoms with Crippen molar-refractivity contribution in [2.75, 3.05) is 26.2 Å². The third kappa shape index (κ3) is 32.0. The van der Waals surface area contributed by atoms with Crippen molar-refractivity contribution in [3.8, 4) is 0 Å². The number of amides is 9. The fourth-order valence-corrected chi connectivity index (χ4v) is 12.6. The van der Waals surface area contributed by atoms with Crippen LogP contribution in [-0.4, -0.2) is 155 Å². The fourth-order valence-electron chi connectivity index (χ4n) is 12.6. The highest BCUT2D eigenvalue weighted by Gasteiger charge is 2.38. The van der Waals surface area contributed by atoms with Gasteiger partial charge in [0, 0.05) is 104 Å². The van der Waals surface area contributed by atoms with Gasteiger partial charge >= 0.3 is 0 Å². The van der Waals surface area contributed by atoms with Crippen molar-refractivity contribution in [3.05, 3.63) is 108 Å². The summed E-state index contributed by atoms with van der Waals surface area (Å²) in [4.78, 5) is 209. The van der Waals surface area contributed by atoms with Crippen LogP contribution in [0.1, 0.15) is 158 Å². The van der Waals surface area contributed by atoms with Gasteiger partial charge in [-0.15, -0.1) is 0 Å². The number of nitrogens with one attached hydrogen (secondary N) is 6. The molecule has 0 unspecified atom stereocenters. The molecular formula is C75H113N15O15+4. The smallest absolute Gasteiger partial charge is 0.224 e. The molecule has 0 spiro atoms. The molecule has 0 fully saturated rings. The number of nitrogens with two attached hydrogens (primary N) is 5. The highest BCUT2D eigenvalue weighted by atomic mass is 16.2. The molecule has 0 saturated heterocycles. The standard InChI is InChI=1S/C75H109N15O15/c1-45(91)56(27-31-70(84)100)86-71(101)49(25-29-68(82)98)40-63(93)58(20-10-32-76)88-73(103)51(37-47-16-6-3-7-17-47)42-65(95)60(22-12-34-78)90-75(105)52(38-53-44-85-57-19-9-8-18-54(53)57)43-66(96)61(23-13-35-79)89-74(104)50(36-46-14-4-2-5-15-46)41-64(94)59(21-11-33-77)87-72(102)48(24-28-67(81)97)39-62(92)55(80)26-30-69(83)99/h2-9,14-19,44,48-52,55-56,58-61,85H,10-13,20-43,76-80H2,1H3,(H2,81,97)(H2,82,98)(H2,83,99)(H2,84,100)(H,86,101)(H,87,102)(H,88,103)(H,89,104)(H,90,105)/p+4/t48-,49-,50-,51-,52-,55+,56+,58+,59+,60+,61+/m1/s1. The minimum absolute atomic E-state index is 0.000105. The van der Waals surface area contributed by atoms with Gasteiger partial charge in [0.2, 0.25) is 53.2 Å². The van der Waals surface area contributed by atoms with Gasteiger partial charge in [-0.2, -0.15) is 0 Å². The Morgan fingerprint density at radius 2 is 0.667 bits per heavy atom. The van der Waals surface area contributed by atoms with Gasteiger partial charge in [0.15, 0.2) is 28.9 Å². The number of rotatable bonds is 56. The lowest BCUT2D eigenvalue weighted by atomic mass is 9.87. The molecule has 1 heterocycles. The summed E-state index contributed by atoms with van der Waals surface area (Å²) in [5, 5.41) is 14.8. The van der Waals surface area contributed by atoms with E-state index in [1.54, 1.807) is 66.9 Å². The van der Waals surface area contributed by atoms with Crippen LogP contribution in [-0.2, 0) is 91.2 Å². The zero-order valence-electron chi connectivity index (χ0n) is 60.6. The molecule has 4 rings (SSSR count). The van der Waals surface area contributed by atoms with Crippen molar-refractivity contribution in [1.29, 1.82) is 0 Å². The van der Waals surface area contributed by atoms with Crippen LogP contribution in [0.15, 0.2) is 91.1 Å². The Morgan fingerprint density at radius 1 is 0.362 bits per heavy atom. The molecule has 0 bridgehead atoms. The van der Waals surface area contributed by atoms with Crippen molar-refractivity contribution in [1.82, 2.24) is 31.6 Å². The highest BCUT2D eigenvalue weighted by molar-refractivity contribution is 6.00. The lowest BCUT2D eigenvalue weighted by Crippen LogP contribution is -2.53. The molecule has 0 aliphatic carbocycles. The first-order valence-corrected chi connectivity index (χ1v) is 36.4. The van der Waals surface area contributed by atoms with E-state index in [1.807, 2.05) is 24.3 Å². The topological polar surface area (TPSA) is 573 Å². The number of primary amides is 4. The van der Waals surface area contributed by atoms with E-state index in [0.29, 0.717) is 68.6 Å². The number of fused-ring (bicyclic) bond motifs is 1. The van der Waals surface area contributed by atoms with E-state index in [2.05, 4.69) is 54.5 Å². The van der Waals surface area contributed by atoms with E-state index < -0.39 is 186 Å². The van der Waals surface area contributed by atoms with Gasteiger partial charge in [-0.05, 0) is 126 Å². The van der Waals surface area contributed by atoms with Crippen LogP contribution in [0.3, 0.4) is 0 Å². The summed E-state index contributed by atoms with van der Waals surface area (Å²) in [7, 11) is 0. The number of Topliss-reactive ketones (excluding diaryl/α,β-unsaturated/α-hetero) is 6. The summed E-state index contributed by atoms with van der Waals surface area (Å²) in [6.45, 7) is 2.61. The zero-order chi connectivity index (χ0) is 77.5. The van der Waals surface area contributed by atoms with E-state index in [4.69, 9.17) is 28.7 Å². The molecule has 0 radical (unpaired) electrons. The van der Waals surface area contributed by atoms with Crippen LogP contribution in [0.2, 0.25) is 0 Å². The summed E-state index contributed by atoms with van der Waals surface area (Å²) in [6.07, 6.45) is -0.437. The molecule has 574 valence electrons. The van der Waals surface area contributed by atoms with Gasteiger partial charge in [0.1, 0.15) is 5.78 Å². The summed E-state index contributed by atoms with van der Waals surface area (Å²) in [6, 6.07) is 17.8. The Hall–Kier alpha value is -9.75. The summed E-state index contributed by atoms with van der Waals surface area (Å²) in [5.41, 5.74) is 46.1. The first-order valence-electron chi connectivity index (χ1n) is 36.4. The maximum Gasteiger partial charge on any atom is 0.224 e. The van der Waals surface area contributed by atoms with Crippen molar-refractivity contribution in [2.24, 2.45) is 58.3 Å². The number of benzene rings is 3. The first kappa shape index (κ1) is 87.7. The molecule has 105 heavy (non-hydrogen) atoms. The second-order valence-electron chi connectivity index (χ2n) is 27.3. The van der Waals surface area contributed by atoms with Crippen molar-refractivity contribution >= 4 is 98.8 Å². The third-order valence-corrected chi connectivity index (χ3v) is 18.8. The number of hydrogen-bond acceptors (Lipinski definition) is 16. The molecule has 3 aromatic carbocycles. The van der Waals surface area contributed by atoms with Crippen molar-refractivity contribution in [3.63, 3.8) is 0 Å². The maximum absolute atomic E-state index is 15.3. The van der Waals surface area contributed by atoms with Gasteiger partial charge in [-0.25, -0.2) is 0 Å². The largest absolute Gasteiger partial charge is 0.370 e. The molecule has 4 aromatic rings. The third-order valence-electron chi connectivity index (χ3n) is 18.8. The Bertz CT molecular complexity index is 3570. The molecule has 0 aliphatic rings. The predicted molar refractivity (Wildman–Crippen MR) is 388 cm³/mol. The summed E-state index contributed by atoms with van der Waals surface area (Å²) >= 11 is 0. The van der Waals surface area contributed by atoms with E-state index in [-0.39, 0.29) is 96.3 Å². The molecule has 9 amide bonds. The van der Waals surface area contributed by atoms with Crippen molar-refractivity contribution in [2.45, 2.75) is 197 Å².